The molecule has 2 aromatic carbocycles. The van der Waals surface area contributed by atoms with Crippen LogP contribution in [0.1, 0.15) is 95.1 Å². The van der Waals surface area contributed by atoms with Crippen LogP contribution in [-0.2, 0) is 6.54 Å². The Kier molecular flexibility index (Phi) is 17.8. The molecule has 0 aliphatic heterocycles. The number of halogens is 3. The number of hydrogen-bond acceptors (Lipinski definition) is 4. The predicted molar refractivity (Wildman–Crippen MR) is 158 cm³/mol. The summed E-state index contributed by atoms with van der Waals surface area (Å²) in [5, 5.41) is 14.2. The van der Waals surface area contributed by atoms with Crippen molar-refractivity contribution in [1.82, 2.24) is 5.32 Å². The number of nitrogens with zero attached hydrogens (tertiary/aromatic N) is 1. The molecule has 0 saturated heterocycles. The quantitative estimate of drug-likeness (QED) is 0.302. The number of alkyl halides is 3. The zero-order valence-corrected chi connectivity index (χ0v) is 24.9. The van der Waals surface area contributed by atoms with Crippen molar-refractivity contribution in [2.45, 2.75) is 99.9 Å². The van der Waals surface area contributed by atoms with Gasteiger partial charge >= 0.3 is 6.68 Å². The molecule has 3 N–H and O–H groups in total. The molecule has 1 saturated carbocycles. The lowest BCUT2D eigenvalue weighted by atomic mass is 9.65. The van der Waals surface area contributed by atoms with E-state index < -0.39 is 6.68 Å². The summed E-state index contributed by atoms with van der Waals surface area (Å²) in [4.78, 5) is 16.7. The predicted octanol–water partition coefficient (Wildman–Crippen LogP) is 8.62. The Balaban J connectivity index is 0.000000733. The van der Waals surface area contributed by atoms with Crippen LogP contribution in [0.3, 0.4) is 0 Å². The van der Waals surface area contributed by atoms with Crippen molar-refractivity contribution in [3.63, 3.8) is 0 Å². The first-order valence-corrected chi connectivity index (χ1v) is 13.6. The smallest absolute Gasteiger partial charge is 0.379 e. The van der Waals surface area contributed by atoms with E-state index in [1.54, 1.807) is 27.0 Å². The summed E-state index contributed by atoms with van der Waals surface area (Å²) < 4.78 is 29.0. The van der Waals surface area contributed by atoms with Gasteiger partial charge in [-0.2, -0.15) is 13.2 Å². The Morgan fingerprint density at radius 1 is 1.03 bits per heavy atom. The second-order valence-electron chi connectivity index (χ2n) is 10.0. The summed E-state index contributed by atoms with van der Waals surface area (Å²) in [6, 6.07) is 13.8. The standard InChI is InChI=1S/C19H23N3O.C8H16.C3H8O.CHF3/c1-13(2)22-18-15(9-7-10-16(18)19(23)20-4)12-21-17-11-6-5-8-14(17)3;1-3-8(4-2)6-5-7-8;1-3(2)4;2-1(3)4/h5-11,21H,12H2,1-4H3,(H,20,23);3-7H2,1-2H3;3-4H,1-2H3;1H. The summed E-state index contributed by atoms with van der Waals surface area (Å²) in [5.74, 6) is -0.122. The molecule has 1 amide bonds. The molecule has 0 spiro atoms. The van der Waals surface area contributed by atoms with Gasteiger partial charge in [-0.25, -0.2) is 0 Å². The number of rotatable bonds is 7. The van der Waals surface area contributed by atoms with Crippen molar-refractivity contribution in [3.05, 3.63) is 59.2 Å². The first-order chi connectivity index (χ1) is 18.3. The van der Waals surface area contributed by atoms with E-state index in [1.807, 2.05) is 44.2 Å². The van der Waals surface area contributed by atoms with E-state index in [9.17, 15) is 18.0 Å². The Labute approximate surface area is 233 Å². The maximum absolute atomic E-state index is 12.1. The molecule has 0 aromatic heterocycles. The number of aliphatic hydroxyl groups is 1. The number of hydrogen-bond donors (Lipinski definition) is 3. The van der Waals surface area contributed by atoms with E-state index in [4.69, 9.17) is 5.11 Å². The lowest BCUT2D eigenvalue weighted by Crippen LogP contribution is -2.27. The van der Waals surface area contributed by atoms with Gasteiger partial charge in [0.2, 0.25) is 0 Å². The van der Waals surface area contributed by atoms with E-state index in [2.05, 4.69) is 42.5 Å². The molecular formula is C31H48F3N3O2. The molecule has 8 heteroatoms. The highest BCUT2D eigenvalue weighted by Gasteiger charge is 2.32. The van der Waals surface area contributed by atoms with Crippen LogP contribution >= 0.6 is 0 Å². The van der Waals surface area contributed by atoms with Crippen LogP contribution in [0, 0.1) is 12.3 Å². The molecule has 0 radical (unpaired) electrons. The lowest BCUT2D eigenvalue weighted by Gasteiger charge is -2.40. The molecule has 1 aliphatic rings. The molecule has 39 heavy (non-hydrogen) atoms. The molecule has 3 rings (SSSR count). The van der Waals surface area contributed by atoms with Crippen LogP contribution in [0.4, 0.5) is 24.5 Å². The summed E-state index contributed by atoms with van der Waals surface area (Å²) in [5.41, 5.74) is 6.31. The summed E-state index contributed by atoms with van der Waals surface area (Å²) in [6.45, 7) is 11.0. The van der Waals surface area contributed by atoms with Crippen molar-refractivity contribution >= 4 is 23.0 Å². The van der Waals surface area contributed by atoms with Crippen LogP contribution < -0.4 is 10.6 Å². The Bertz CT molecular complexity index is 977. The molecule has 5 nitrogen and oxygen atoms in total. The molecule has 1 fully saturated rings. The molecule has 0 unspecified atom stereocenters. The third-order valence-corrected chi connectivity index (χ3v) is 6.46. The Morgan fingerprint density at radius 3 is 1.95 bits per heavy atom. The van der Waals surface area contributed by atoms with Crippen LogP contribution in [0.15, 0.2) is 47.5 Å². The number of amides is 1. The number of anilines is 1. The topological polar surface area (TPSA) is 73.7 Å². The van der Waals surface area contributed by atoms with Gasteiger partial charge in [0, 0.05) is 31.1 Å². The molecular weight excluding hydrogens is 503 g/mol. The highest BCUT2D eigenvalue weighted by Crippen LogP contribution is 2.46. The fourth-order valence-corrected chi connectivity index (χ4v) is 4.00. The molecule has 220 valence electrons. The minimum atomic E-state index is -3.67. The monoisotopic (exact) mass is 551 g/mol. The van der Waals surface area contributed by atoms with Gasteiger partial charge in [0.25, 0.3) is 5.91 Å². The van der Waals surface area contributed by atoms with Crippen LogP contribution in [0.5, 0.6) is 0 Å². The summed E-state index contributed by atoms with van der Waals surface area (Å²) >= 11 is 0. The highest BCUT2D eigenvalue weighted by atomic mass is 19.4. The Hall–Kier alpha value is -2.87. The van der Waals surface area contributed by atoms with Crippen molar-refractivity contribution < 1.29 is 23.1 Å². The minimum Gasteiger partial charge on any atom is -0.394 e. The summed E-state index contributed by atoms with van der Waals surface area (Å²) in [6.07, 6.45) is 7.13. The van der Waals surface area contributed by atoms with E-state index in [1.165, 1.54) is 37.7 Å². The van der Waals surface area contributed by atoms with Gasteiger partial charge in [0.1, 0.15) is 0 Å². The maximum Gasteiger partial charge on any atom is 0.379 e. The fraction of sp³-hybridized carbons (Fsp3) is 0.548. The highest BCUT2D eigenvalue weighted by molar-refractivity contribution is 6.00. The number of aliphatic imine (C=N–C) groups is 1. The van der Waals surface area contributed by atoms with Gasteiger partial charge in [-0.3, -0.25) is 9.79 Å². The number of nitrogens with one attached hydrogen (secondary N) is 2. The number of para-hydroxylation sites is 2. The van der Waals surface area contributed by atoms with Crippen LogP contribution in [0.2, 0.25) is 0 Å². The van der Waals surface area contributed by atoms with Gasteiger partial charge in [-0.15, -0.1) is 0 Å². The average Bonchev–Trinajstić information content (AvgIpc) is 2.83. The minimum absolute atomic E-state index is 0.122. The van der Waals surface area contributed by atoms with Crippen molar-refractivity contribution in [2.75, 3.05) is 12.4 Å². The van der Waals surface area contributed by atoms with E-state index in [0.29, 0.717) is 12.1 Å². The molecule has 1 aliphatic carbocycles. The van der Waals surface area contributed by atoms with Gasteiger partial charge in [0.05, 0.1) is 11.3 Å². The maximum atomic E-state index is 12.1. The molecule has 0 heterocycles. The second kappa shape index (κ2) is 19.2. The lowest BCUT2D eigenvalue weighted by molar-refractivity contribution is 0.00818. The van der Waals surface area contributed by atoms with Crippen molar-refractivity contribution in [1.29, 1.82) is 0 Å². The number of aryl methyl sites for hydroxylation is 1. The first-order valence-electron chi connectivity index (χ1n) is 13.6. The zero-order valence-electron chi connectivity index (χ0n) is 24.9. The van der Waals surface area contributed by atoms with E-state index >= 15 is 0 Å². The van der Waals surface area contributed by atoms with Crippen LogP contribution in [-0.4, -0.2) is 36.6 Å². The van der Waals surface area contributed by atoms with Gasteiger partial charge < -0.3 is 15.7 Å². The molecule has 0 atom stereocenters. The SMILES string of the molecule is CC(C)O.CCC1(CC)CCC1.CNC(=O)c1cccc(CNc2ccccc2C)c1N=C(C)C.FC(F)F. The normalized spacial score (nSPS) is 12.9. The van der Waals surface area contributed by atoms with E-state index in [-0.39, 0.29) is 12.0 Å². The average molecular weight is 552 g/mol. The zero-order chi connectivity index (χ0) is 30.0. The van der Waals surface area contributed by atoms with Crippen molar-refractivity contribution in [2.24, 2.45) is 10.4 Å². The van der Waals surface area contributed by atoms with Gasteiger partial charge in [0.15, 0.2) is 0 Å². The van der Waals surface area contributed by atoms with Gasteiger partial charge in [-0.1, -0.05) is 63.4 Å². The molecule has 2 aromatic rings. The fourth-order valence-electron chi connectivity index (χ4n) is 4.00. The first kappa shape index (κ1) is 36.1. The second-order valence-corrected chi connectivity index (χ2v) is 10.0. The van der Waals surface area contributed by atoms with E-state index in [0.717, 1.165) is 28.1 Å². The Morgan fingerprint density at radius 2 is 1.56 bits per heavy atom. The third-order valence-electron chi connectivity index (χ3n) is 6.46. The number of carbonyl (C=O) groups excluding carboxylic acids is 1. The van der Waals surface area contributed by atoms with Crippen LogP contribution in [0.25, 0.3) is 0 Å². The largest absolute Gasteiger partial charge is 0.394 e. The number of benzene rings is 2. The van der Waals surface area contributed by atoms with Gasteiger partial charge in [-0.05, 0) is 76.1 Å². The molecule has 0 bridgehead atoms. The van der Waals surface area contributed by atoms with Crippen molar-refractivity contribution in [3.8, 4) is 0 Å². The summed E-state index contributed by atoms with van der Waals surface area (Å²) in [7, 11) is 1.63. The number of aliphatic hydroxyl groups excluding tert-OH is 1. The third kappa shape index (κ3) is 14.7. The number of carbonyl (C=O) groups is 1.